The summed E-state index contributed by atoms with van der Waals surface area (Å²) >= 11 is 0. The molecule has 4 aromatic rings. The lowest BCUT2D eigenvalue weighted by Gasteiger charge is -2.09. The first-order valence-corrected chi connectivity index (χ1v) is 10.1. The van der Waals surface area contributed by atoms with Crippen LogP contribution in [-0.2, 0) is 0 Å². The number of hydrogen-bond acceptors (Lipinski definition) is 6. The van der Waals surface area contributed by atoms with E-state index in [-0.39, 0.29) is 17.2 Å². The average Bonchev–Trinajstić information content (AvgIpc) is 3.41. The Hall–Kier alpha value is -4.46. The summed E-state index contributed by atoms with van der Waals surface area (Å²) in [6.45, 7) is 1.79. The van der Waals surface area contributed by atoms with Crippen molar-refractivity contribution in [3.63, 3.8) is 0 Å². The summed E-state index contributed by atoms with van der Waals surface area (Å²) in [5.41, 5.74) is 0.963. The van der Waals surface area contributed by atoms with Gasteiger partial charge in [-0.25, -0.2) is 9.36 Å². The van der Waals surface area contributed by atoms with Crippen molar-refractivity contribution in [2.75, 3.05) is 14.2 Å². The van der Waals surface area contributed by atoms with Crippen molar-refractivity contribution in [3.8, 4) is 34.4 Å². The van der Waals surface area contributed by atoms with E-state index in [1.807, 2.05) is 18.2 Å². The number of phenols is 1. The van der Waals surface area contributed by atoms with E-state index in [4.69, 9.17) is 13.9 Å². The first kappa shape index (κ1) is 21.8. The van der Waals surface area contributed by atoms with Gasteiger partial charge in [0.25, 0.3) is 5.91 Å². The van der Waals surface area contributed by atoms with Crippen molar-refractivity contribution in [1.29, 1.82) is 0 Å². The number of hydrogen-bond donors (Lipinski definition) is 1. The summed E-state index contributed by atoms with van der Waals surface area (Å²) in [6.07, 6.45) is 4.35. The number of aromatic hydroxyl groups is 1. The van der Waals surface area contributed by atoms with Crippen LogP contribution in [0.15, 0.2) is 76.1 Å². The molecule has 4 rings (SSSR count). The van der Waals surface area contributed by atoms with E-state index in [0.29, 0.717) is 28.5 Å². The second-order valence-electron chi connectivity index (χ2n) is 7.19. The summed E-state index contributed by atoms with van der Waals surface area (Å²) in [6, 6.07) is 15.6. The Kier molecular flexibility index (Phi) is 5.91. The van der Waals surface area contributed by atoms with Crippen molar-refractivity contribution in [2.45, 2.75) is 6.92 Å². The number of aromatic nitrogens is 2. The van der Waals surface area contributed by atoms with Crippen LogP contribution in [-0.4, -0.2) is 34.4 Å². The zero-order valence-electron chi connectivity index (χ0n) is 18.3. The molecule has 0 atom stereocenters. The predicted molar refractivity (Wildman–Crippen MR) is 123 cm³/mol. The maximum atomic E-state index is 13.2. The van der Waals surface area contributed by atoms with Crippen LogP contribution < -0.4 is 15.2 Å². The maximum Gasteiger partial charge on any atom is 0.340 e. The topological polar surface area (TPSA) is 95.8 Å². The molecule has 0 aliphatic heterocycles. The number of benzene rings is 2. The van der Waals surface area contributed by atoms with Crippen molar-refractivity contribution < 1.29 is 23.8 Å². The fourth-order valence-corrected chi connectivity index (χ4v) is 3.43. The molecule has 0 amide bonds. The number of furan rings is 1. The Balaban J connectivity index is 1.79. The van der Waals surface area contributed by atoms with Gasteiger partial charge in [-0.1, -0.05) is 18.2 Å². The van der Waals surface area contributed by atoms with E-state index >= 15 is 0 Å². The summed E-state index contributed by atoms with van der Waals surface area (Å²) in [5.74, 6) is 0.734. The van der Waals surface area contributed by atoms with Crippen LogP contribution in [0.4, 0.5) is 0 Å². The van der Waals surface area contributed by atoms with Crippen molar-refractivity contribution in [3.05, 3.63) is 88.7 Å². The number of phenolic OH excluding ortho intramolecular Hbond substituents is 1. The molecule has 0 fully saturated rings. The molecule has 0 aliphatic rings. The van der Waals surface area contributed by atoms with Crippen LogP contribution in [0.5, 0.6) is 17.2 Å². The van der Waals surface area contributed by atoms with Crippen LogP contribution in [0.25, 0.3) is 23.2 Å². The van der Waals surface area contributed by atoms with E-state index in [1.165, 1.54) is 30.9 Å². The molecule has 168 valence electrons. The predicted octanol–water partition coefficient (Wildman–Crippen LogP) is 4.28. The Morgan fingerprint density at radius 1 is 1.03 bits per heavy atom. The van der Waals surface area contributed by atoms with E-state index in [1.54, 1.807) is 49.5 Å². The minimum Gasteiger partial charge on any atom is -0.502 e. The van der Waals surface area contributed by atoms with E-state index in [9.17, 15) is 14.7 Å². The molecule has 0 bridgehead atoms. The monoisotopic (exact) mass is 446 g/mol. The average molecular weight is 446 g/mol. The van der Waals surface area contributed by atoms with E-state index in [2.05, 4.69) is 0 Å². The molecule has 2 aromatic heterocycles. The molecular weight excluding hydrogens is 424 g/mol. The smallest absolute Gasteiger partial charge is 0.340 e. The third kappa shape index (κ3) is 4.18. The molecule has 0 spiro atoms. The van der Waals surface area contributed by atoms with Crippen molar-refractivity contribution in [1.82, 2.24) is 9.13 Å². The molecule has 0 saturated heterocycles. The van der Waals surface area contributed by atoms with Crippen molar-refractivity contribution in [2.24, 2.45) is 0 Å². The lowest BCUT2D eigenvalue weighted by molar-refractivity contribution is 0.0967. The third-order valence-corrected chi connectivity index (χ3v) is 5.06. The summed E-state index contributed by atoms with van der Waals surface area (Å²) in [4.78, 5) is 26.4. The SMILES string of the molecule is COc1cc(/C=C/C(=O)n2c(-c3ccc(C)o3)cn(-c3ccccc3)c2=O)cc(OC)c1O. The molecule has 2 heterocycles. The molecule has 8 nitrogen and oxygen atoms in total. The highest BCUT2D eigenvalue weighted by Gasteiger charge is 2.20. The fraction of sp³-hybridized carbons (Fsp3) is 0.120. The summed E-state index contributed by atoms with van der Waals surface area (Å²) < 4.78 is 18.4. The molecule has 0 radical (unpaired) electrons. The number of para-hydroxylation sites is 1. The number of nitrogens with zero attached hydrogens (tertiary/aromatic N) is 2. The van der Waals surface area contributed by atoms with E-state index < -0.39 is 11.6 Å². The molecule has 2 aromatic carbocycles. The Morgan fingerprint density at radius 2 is 1.70 bits per heavy atom. The maximum absolute atomic E-state index is 13.2. The number of allylic oxidation sites excluding steroid dienone is 1. The number of rotatable bonds is 6. The number of aryl methyl sites for hydroxylation is 1. The van der Waals surface area contributed by atoms with Gasteiger partial charge in [0, 0.05) is 12.3 Å². The van der Waals surface area contributed by atoms with Gasteiger partial charge in [-0.2, -0.15) is 0 Å². The third-order valence-electron chi connectivity index (χ3n) is 5.06. The second kappa shape index (κ2) is 8.96. The van der Waals surface area contributed by atoms with Gasteiger partial charge in [0.2, 0.25) is 5.75 Å². The molecule has 8 heteroatoms. The first-order chi connectivity index (χ1) is 15.9. The van der Waals surface area contributed by atoms with Gasteiger partial charge in [0.1, 0.15) is 11.5 Å². The molecule has 0 unspecified atom stereocenters. The number of ether oxygens (including phenoxy) is 2. The van der Waals surface area contributed by atoms with Gasteiger partial charge in [-0.3, -0.25) is 9.36 Å². The zero-order valence-corrected chi connectivity index (χ0v) is 18.3. The molecule has 0 aliphatic carbocycles. The van der Waals surface area contributed by atoms with Gasteiger partial charge >= 0.3 is 5.69 Å². The minimum absolute atomic E-state index is 0.143. The normalized spacial score (nSPS) is 11.1. The van der Waals surface area contributed by atoms with Gasteiger partial charge in [0.15, 0.2) is 17.3 Å². The Morgan fingerprint density at radius 3 is 2.27 bits per heavy atom. The molecular formula is C25H22N2O6. The van der Waals surface area contributed by atoms with Gasteiger partial charge in [0.05, 0.1) is 19.9 Å². The van der Waals surface area contributed by atoms with Crippen LogP contribution in [0.3, 0.4) is 0 Å². The number of carbonyl (C=O) groups excluding carboxylic acids is 1. The van der Waals surface area contributed by atoms with E-state index in [0.717, 1.165) is 4.57 Å². The largest absolute Gasteiger partial charge is 0.502 e. The van der Waals surface area contributed by atoms with Crippen LogP contribution >= 0.6 is 0 Å². The van der Waals surface area contributed by atoms with Gasteiger partial charge in [-0.15, -0.1) is 0 Å². The molecule has 33 heavy (non-hydrogen) atoms. The zero-order chi connectivity index (χ0) is 23.5. The Labute approximate surface area is 189 Å². The molecule has 0 saturated carbocycles. The molecule has 1 N–H and O–H groups in total. The minimum atomic E-state index is -0.565. The number of methoxy groups -OCH3 is 2. The number of carbonyl (C=O) groups is 1. The lowest BCUT2D eigenvalue weighted by Crippen LogP contribution is -2.27. The van der Waals surface area contributed by atoms with Crippen LogP contribution in [0.1, 0.15) is 16.1 Å². The highest BCUT2D eigenvalue weighted by atomic mass is 16.5. The number of imidazole rings is 1. The standard InChI is InChI=1S/C25H22N2O6/c1-16-9-11-20(33-16)19-15-26(18-7-5-4-6-8-18)25(30)27(19)23(28)12-10-17-13-21(31-2)24(29)22(14-17)32-3/h4-15,29H,1-3H3/b12-10+. The quantitative estimate of drug-likeness (QED) is 0.444. The second-order valence-corrected chi connectivity index (χ2v) is 7.19. The Bertz CT molecular complexity index is 1370. The van der Waals surface area contributed by atoms with Crippen molar-refractivity contribution >= 4 is 12.0 Å². The van der Waals surface area contributed by atoms with Crippen LogP contribution in [0, 0.1) is 6.92 Å². The highest BCUT2D eigenvalue weighted by molar-refractivity contribution is 5.96. The lowest BCUT2D eigenvalue weighted by atomic mass is 10.1. The highest BCUT2D eigenvalue weighted by Crippen LogP contribution is 2.37. The first-order valence-electron chi connectivity index (χ1n) is 10.1. The van der Waals surface area contributed by atoms with Gasteiger partial charge < -0.3 is 19.0 Å². The fourth-order valence-electron chi connectivity index (χ4n) is 3.43. The van der Waals surface area contributed by atoms with Crippen LogP contribution in [0.2, 0.25) is 0 Å². The summed E-state index contributed by atoms with van der Waals surface area (Å²) in [7, 11) is 2.83. The van der Waals surface area contributed by atoms with Gasteiger partial charge in [-0.05, 0) is 55.0 Å². The summed E-state index contributed by atoms with van der Waals surface area (Å²) in [5, 5.41) is 10.1.